The van der Waals surface area contributed by atoms with Crippen LogP contribution < -0.4 is 9.64 Å². The Morgan fingerprint density at radius 3 is 2.28 bits per heavy atom. The van der Waals surface area contributed by atoms with E-state index in [1.807, 2.05) is 22.9 Å². The van der Waals surface area contributed by atoms with Gasteiger partial charge in [0.1, 0.15) is 12.1 Å². The fourth-order valence-corrected chi connectivity index (χ4v) is 4.32. The van der Waals surface area contributed by atoms with Gasteiger partial charge in [0.2, 0.25) is 5.95 Å². The Labute approximate surface area is 187 Å². The van der Waals surface area contributed by atoms with Gasteiger partial charge in [-0.1, -0.05) is 60.2 Å². The molecule has 6 nitrogen and oxygen atoms in total. The van der Waals surface area contributed by atoms with Crippen molar-refractivity contribution in [3.8, 4) is 5.75 Å². The molecule has 0 aliphatic carbocycles. The second-order valence-electron chi connectivity index (χ2n) is 8.00. The van der Waals surface area contributed by atoms with Crippen LogP contribution in [0.25, 0.3) is 0 Å². The summed E-state index contributed by atoms with van der Waals surface area (Å²) < 4.78 is 7.12. The summed E-state index contributed by atoms with van der Waals surface area (Å²) in [7, 11) is 1.61. The third-order valence-electron chi connectivity index (χ3n) is 6.03. The number of carbonyl (C=O) groups is 1. The molecule has 6 heteroatoms. The number of nitrogens with zero attached hydrogens (tertiary/aromatic N) is 4. The van der Waals surface area contributed by atoms with Crippen LogP contribution in [0.15, 0.2) is 85.2 Å². The van der Waals surface area contributed by atoms with Crippen LogP contribution in [0.2, 0.25) is 0 Å². The Hall–Kier alpha value is -3.93. The molecule has 32 heavy (non-hydrogen) atoms. The van der Waals surface area contributed by atoms with Crippen LogP contribution in [0, 0.1) is 6.92 Å². The molecule has 1 aromatic heterocycles. The number of aryl methyl sites for hydroxylation is 1. The van der Waals surface area contributed by atoms with Crippen LogP contribution >= 0.6 is 0 Å². The molecule has 0 fully saturated rings. The number of amides is 1. The van der Waals surface area contributed by atoms with E-state index in [1.165, 1.54) is 11.9 Å². The van der Waals surface area contributed by atoms with Crippen LogP contribution in [-0.4, -0.2) is 27.8 Å². The largest absolute Gasteiger partial charge is 0.497 e. The highest BCUT2D eigenvalue weighted by Gasteiger charge is 2.39. The van der Waals surface area contributed by atoms with E-state index in [2.05, 4.69) is 53.4 Å². The Balaban J connectivity index is 1.61. The molecule has 0 saturated heterocycles. The number of fused-ring (bicyclic) bond motifs is 1. The van der Waals surface area contributed by atoms with Gasteiger partial charge < -0.3 is 4.74 Å². The lowest BCUT2D eigenvalue weighted by molar-refractivity contribution is 0.0963. The third kappa shape index (κ3) is 3.54. The van der Waals surface area contributed by atoms with E-state index in [-0.39, 0.29) is 18.0 Å². The number of benzene rings is 3. The molecule has 0 bridgehead atoms. The first-order valence-electron chi connectivity index (χ1n) is 10.6. The zero-order chi connectivity index (χ0) is 22.1. The summed E-state index contributed by atoms with van der Waals surface area (Å²) in [6, 6.07) is 25.6. The van der Waals surface area contributed by atoms with E-state index in [1.54, 1.807) is 36.3 Å². The lowest BCUT2D eigenvalue weighted by Gasteiger charge is -2.39. The van der Waals surface area contributed by atoms with Crippen molar-refractivity contribution in [3.63, 3.8) is 0 Å². The molecule has 0 N–H and O–H groups in total. The predicted molar refractivity (Wildman–Crippen MR) is 123 cm³/mol. The van der Waals surface area contributed by atoms with Crippen molar-refractivity contribution < 1.29 is 9.53 Å². The molecule has 1 aliphatic heterocycles. The number of aromatic nitrogens is 3. The molecule has 0 radical (unpaired) electrons. The van der Waals surface area contributed by atoms with E-state index in [4.69, 9.17) is 4.74 Å². The van der Waals surface area contributed by atoms with E-state index < -0.39 is 0 Å². The van der Waals surface area contributed by atoms with Crippen LogP contribution in [0.5, 0.6) is 5.75 Å². The van der Waals surface area contributed by atoms with E-state index in [0.717, 1.165) is 11.1 Å². The second-order valence-corrected chi connectivity index (χ2v) is 8.00. The fourth-order valence-electron chi connectivity index (χ4n) is 4.32. The normalized spacial score (nSPS) is 17.6. The van der Waals surface area contributed by atoms with Gasteiger partial charge in [0.25, 0.3) is 5.91 Å². The standard InChI is InChI=1S/C26H24N4O2/c1-18-8-10-20(11-9-18)24-16-23(19-6-4-3-5-7-19)29(26-27-17-28-30(24)26)25(31)21-12-14-22(32-2)15-13-21/h3-15,17,23-24H,16H2,1-2H3/t23-,24+/m1/s1. The minimum atomic E-state index is -0.172. The van der Waals surface area contributed by atoms with Crippen molar-refractivity contribution in [1.29, 1.82) is 0 Å². The van der Waals surface area contributed by atoms with Gasteiger partial charge in [0, 0.05) is 5.56 Å². The Morgan fingerprint density at radius 2 is 1.59 bits per heavy atom. The van der Waals surface area contributed by atoms with Crippen molar-refractivity contribution in [1.82, 2.24) is 14.8 Å². The molecule has 0 unspecified atom stereocenters. The zero-order valence-corrected chi connectivity index (χ0v) is 18.1. The van der Waals surface area contributed by atoms with Crippen molar-refractivity contribution in [2.24, 2.45) is 0 Å². The summed E-state index contributed by atoms with van der Waals surface area (Å²) in [6.45, 7) is 2.08. The summed E-state index contributed by atoms with van der Waals surface area (Å²) in [5, 5.41) is 4.51. The maximum atomic E-state index is 13.7. The Morgan fingerprint density at radius 1 is 0.906 bits per heavy atom. The number of anilines is 1. The molecule has 1 aliphatic rings. The summed E-state index contributed by atoms with van der Waals surface area (Å²) in [6.07, 6.45) is 2.23. The molecule has 0 spiro atoms. The molecule has 3 aromatic carbocycles. The predicted octanol–water partition coefficient (Wildman–Crippen LogP) is 4.98. The van der Waals surface area contributed by atoms with Gasteiger partial charge >= 0.3 is 0 Å². The molecule has 0 saturated carbocycles. The Kier molecular flexibility index (Phi) is 5.19. The highest BCUT2D eigenvalue weighted by Crippen LogP contribution is 2.42. The molecule has 2 atom stereocenters. The van der Waals surface area contributed by atoms with Crippen molar-refractivity contribution in [2.45, 2.75) is 25.4 Å². The number of methoxy groups -OCH3 is 1. The monoisotopic (exact) mass is 424 g/mol. The first-order valence-corrected chi connectivity index (χ1v) is 10.6. The molecule has 1 amide bonds. The SMILES string of the molecule is COc1ccc(C(=O)N2c3ncnn3[C@H](c3ccc(C)cc3)C[C@@H]2c2ccccc2)cc1. The average Bonchev–Trinajstić information content (AvgIpc) is 3.34. The topological polar surface area (TPSA) is 60.2 Å². The fraction of sp³-hybridized carbons (Fsp3) is 0.192. The van der Waals surface area contributed by atoms with Crippen LogP contribution in [0.4, 0.5) is 5.95 Å². The number of carbonyl (C=O) groups excluding carboxylic acids is 1. The van der Waals surface area contributed by atoms with Crippen molar-refractivity contribution >= 4 is 11.9 Å². The molecule has 2 heterocycles. The average molecular weight is 425 g/mol. The van der Waals surface area contributed by atoms with Gasteiger partial charge in [0.05, 0.1) is 19.2 Å². The van der Waals surface area contributed by atoms with Crippen LogP contribution in [0.1, 0.15) is 45.6 Å². The number of rotatable bonds is 4. The van der Waals surface area contributed by atoms with E-state index >= 15 is 0 Å². The quantitative estimate of drug-likeness (QED) is 0.464. The summed E-state index contributed by atoms with van der Waals surface area (Å²) in [5.74, 6) is 1.15. The highest BCUT2D eigenvalue weighted by molar-refractivity contribution is 6.06. The molecule has 4 aromatic rings. The number of hydrogen-bond acceptors (Lipinski definition) is 4. The lowest BCUT2D eigenvalue weighted by atomic mass is 9.91. The van der Waals surface area contributed by atoms with Crippen molar-refractivity contribution in [2.75, 3.05) is 12.0 Å². The van der Waals surface area contributed by atoms with Gasteiger partial charge in [0.15, 0.2) is 0 Å². The number of hydrogen-bond donors (Lipinski definition) is 0. The maximum absolute atomic E-state index is 13.7. The van der Waals surface area contributed by atoms with Gasteiger partial charge in [-0.25, -0.2) is 4.68 Å². The molecular weight excluding hydrogens is 400 g/mol. The second kappa shape index (κ2) is 8.30. The summed E-state index contributed by atoms with van der Waals surface area (Å²) in [5.41, 5.74) is 4.01. The zero-order valence-electron chi connectivity index (χ0n) is 18.1. The summed E-state index contributed by atoms with van der Waals surface area (Å²) >= 11 is 0. The van der Waals surface area contributed by atoms with Gasteiger partial charge in [-0.3, -0.25) is 9.69 Å². The van der Waals surface area contributed by atoms with Crippen LogP contribution in [-0.2, 0) is 0 Å². The minimum Gasteiger partial charge on any atom is -0.497 e. The number of ether oxygens (including phenoxy) is 1. The molecule has 5 rings (SSSR count). The minimum absolute atomic E-state index is 0.0155. The van der Waals surface area contributed by atoms with Gasteiger partial charge in [-0.15, -0.1) is 0 Å². The first kappa shape index (κ1) is 20.0. The Bertz CT molecular complexity index is 1220. The smallest absolute Gasteiger partial charge is 0.261 e. The molecule has 160 valence electrons. The van der Waals surface area contributed by atoms with E-state index in [0.29, 0.717) is 23.7 Å². The maximum Gasteiger partial charge on any atom is 0.261 e. The lowest BCUT2D eigenvalue weighted by Crippen LogP contribution is -2.42. The van der Waals surface area contributed by atoms with E-state index in [9.17, 15) is 4.79 Å². The first-order chi connectivity index (χ1) is 15.7. The van der Waals surface area contributed by atoms with Gasteiger partial charge in [-0.2, -0.15) is 10.1 Å². The highest BCUT2D eigenvalue weighted by atomic mass is 16.5. The summed E-state index contributed by atoms with van der Waals surface area (Å²) in [4.78, 5) is 20.0. The van der Waals surface area contributed by atoms with Gasteiger partial charge in [-0.05, 0) is 48.7 Å². The van der Waals surface area contributed by atoms with Crippen LogP contribution in [0.3, 0.4) is 0 Å². The third-order valence-corrected chi connectivity index (χ3v) is 6.03. The van der Waals surface area contributed by atoms with Crippen molar-refractivity contribution in [3.05, 3.63) is 107 Å². The molecular formula is C26H24N4O2.